The lowest BCUT2D eigenvalue weighted by Gasteiger charge is -2.18. The quantitative estimate of drug-likeness (QED) is 0.311. The molecule has 132 valence electrons. The zero-order valence-electron chi connectivity index (χ0n) is 14.3. The SMILES string of the molecule is CN=C(NCCCn1ccnc1)NC(C)c1ccc(C)c(F)c1.I. The summed E-state index contributed by atoms with van der Waals surface area (Å²) in [5, 5.41) is 6.55. The van der Waals surface area contributed by atoms with Crippen LogP contribution in [0.2, 0.25) is 0 Å². The number of benzene rings is 1. The molecule has 0 aliphatic heterocycles. The first kappa shape index (κ1) is 20.4. The Morgan fingerprint density at radius 1 is 1.42 bits per heavy atom. The van der Waals surface area contributed by atoms with E-state index in [-0.39, 0.29) is 35.8 Å². The molecule has 0 bridgehead atoms. The number of halogens is 2. The van der Waals surface area contributed by atoms with Gasteiger partial charge in [-0.2, -0.15) is 0 Å². The molecule has 7 heteroatoms. The number of imidazole rings is 1. The van der Waals surface area contributed by atoms with Crippen LogP contribution in [0, 0.1) is 12.7 Å². The summed E-state index contributed by atoms with van der Waals surface area (Å²) in [6.45, 7) is 5.45. The fraction of sp³-hybridized carbons (Fsp3) is 0.412. The topological polar surface area (TPSA) is 54.2 Å². The van der Waals surface area contributed by atoms with Gasteiger partial charge in [0.15, 0.2) is 5.96 Å². The lowest BCUT2D eigenvalue weighted by atomic mass is 10.1. The molecule has 1 heterocycles. The van der Waals surface area contributed by atoms with Crippen molar-refractivity contribution < 1.29 is 4.39 Å². The van der Waals surface area contributed by atoms with Gasteiger partial charge < -0.3 is 15.2 Å². The van der Waals surface area contributed by atoms with E-state index in [9.17, 15) is 4.39 Å². The maximum absolute atomic E-state index is 13.7. The third kappa shape index (κ3) is 6.10. The molecule has 1 aromatic heterocycles. The molecular formula is C17H25FIN5. The van der Waals surface area contributed by atoms with Gasteiger partial charge in [0.2, 0.25) is 0 Å². The van der Waals surface area contributed by atoms with Gasteiger partial charge in [-0.15, -0.1) is 24.0 Å². The second kappa shape index (κ2) is 10.3. The van der Waals surface area contributed by atoms with Crippen LogP contribution >= 0.6 is 24.0 Å². The summed E-state index contributed by atoms with van der Waals surface area (Å²) in [5.41, 5.74) is 1.55. The van der Waals surface area contributed by atoms with Crippen LogP contribution in [0.4, 0.5) is 4.39 Å². The van der Waals surface area contributed by atoms with Gasteiger partial charge in [-0.3, -0.25) is 4.99 Å². The second-order valence-electron chi connectivity index (χ2n) is 5.53. The lowest BCUT2D eigenvalue weighted by molar-refractivity contribution is 0.602. The highest BCUT2D eigenvalue weighted by Crippen LogP contribution is 2.16. The van der Waals surface area contributed by atoms with Gasteiger partial charge in [-0.05, 0) is 37.5 Å². The van der Waals surface area contributed by atoms with Crippen molar-refractivity contribution in [3.05, 3.63) is 53.9 Å². The highest BCUT2D eigenvalue weighted by atomic mass is 127. The molecule has 0 fully saturated rings. The summed E-state index contributed by atoms with van der Waals surface area (Å²) in [5.74, 6) is 0.531. The molecule has 1 atom stereocenters. The Kier molecular flexibility index (Phi) is 8.73. The fourth-order valence-electron chi connectivity index (χ4n) is 2.25. The molecule has 2 aromatic rings. The molecule has 1 aromatic carbocycles. The minimum absolute atomic E-state index is 0. The summed E-state index contributed by atoms with van der Waals surface area (Å²) in [7, 11) is 1.73. The van der Waals surface area contributed by atoms with E-state index >= 15 is 0 Å². The number of guanidine groups is 1. The molecule has 5 nitrogen and oxygen atoms in total. The summed E-state index contributed by atoms with van der Waals surface area (Å²) in [6.07, 6.45) is 6.49. The van der Waals surface area contributed by atoms with Gasteiger partial charge in [0.25, 0.3) is 0 Å². The van der Waals surface area contributed by atoms with Crippen LogP contribution in [-0.2, 0) is 6.54 Å². The van der Waals surface area contributed by atoms with E-state index in [1.54, 1.807) is 38.6 Å². The van der Waals surface area contributed by atoms with Crippen molar-refractivity contribution in [1.82, 2.24) is 20.2 Å². The molecule has 0 aliphatic carbocycles. The minimum Gasteiger partial charge on any atom is -0.356 e. The van der Waals surface area contributed by atoms with E-state index in [0.717, 1.165) is 25.1 Å². The van der Waals surface area contributed by atoms with Gasteiger partial charge >= 0.3 is 0 Å². The van der Waals surface area contributed by atoms with E-state index < -0.39 is 0 Å². The standard InChI is InChI=1S/C17H24FN5.HI/c1-13-5-6-15(11-16(13)18)14(2)22-17(19-3)21-7-4-9-23-10-8-20-12-23;/h5-6,8,10-12,14H,4,7,9H2,1-3H3,(H2,19,21,22);1H. The monoisotopic (exact) mass is 445 g/mol. The molecule has 0 saturated heterocycles. The largest absolute Gasteiger partial charge is 0.356 e. The van der Waals surface area contributed by atoms with Gasteiger partial charge in [-0.25, -0.2) is 9.37 Å². The Bertz CT molecular complexity index is 642. The zero-order chi connectivity index (χ0) is 16.7. The Morgan fingerprint density at radius 2 is 2.21 bits per heavy atom. The van der Waals surface area contributed by atoms with E-state index in [1.165, 1.54) is 0 Å². The number of rotatable bonds is 6. The third-order valence-corrected chi connectivity index (χ3v) is 3.72. The van der Waals surface area contributed by atoms with E-state index in [4.69, 9.17) is 0 Å². The maximum Gasteiger partial charge on any atom is 0.191 e. The first-order valence-electron chi connectivity index (χ1n) is 7.79. The van der Waals surface area contributed by atoms with Gasteiger partial charge in [-0.1, -0.05) is 12.1 Å². The average molecular weight is 445 g/mol. The van der Waals surface area contributed by atoms with Crippen molar-refractivity contribution in [3.8, 4) is 0 Å². The average Bonchev–Trinajstić information content (AvgIpc) is 3.06. The Morgan fingerprint density at radius 3 is 2.83 bits per heavy atom. The lowest BCUT2D eigenvalue weighted by Crippen LogP contribution is -2.39. The molecule has 0 spiro atoms. The summed E-state index contributed by atoms with van der Waals surface area (Å²) >= 11 is 0. The third-order valence-electron chi connectivity index (χ3n) is 3.72. The molecule has 0 aliphatic rings. The zero-order valence-corrected chi connectivity index (χ0v) is 16.6. The van der Waals surface area contributed by atoms with Crippen LogP contribution in [-0.4, -0.2) is 29.1 Å². The van der Waals surface area contributed by atoms with Crippen molar-refractivity contribution in [3.63, 3.8) is 0 Å². The van der Waals surface area contributed by atoms with Crippen molar-refractivity contribution in [2.24, 2.45) is 4.99 Å². The van der Waals surface area contributed by atoms with E-state index in [2.05, 4.69) is 20.6 Å². The first-order chi connectivity index (χ1) is 11.1. The summed E-state index contributed by atoms with van der Waals surface area (Å²) in [6, 6.07) is 5.27. The molecular weight excluding hydrogens is 420 g/mol. The van der Waals surface area contributed by atoms with Crippen LogP contribution in [0.25, 0.3) is 0 Å². The van der Waals surface area contributed by atoms with Crippen molar-refractivity contribution in [2.45, 2.75) is 32.9 Å². The predicted molar refractivity (Wildman–Crippen MR) is 106 cm³/mol. The van der Waals surface area contributed by atoms with Crippen LogP contribution in [0.1, 0.15) is 30.5 Å². The molecule has 2 rings (SSSR count). The van der Waals surface area contributed by atoms with Crippen molar-refractivity contribution in [1.29, 1.82) is 0 Å². The van der Waals surface area contributed by atoms with Crippen molar-refractivity contribution >= 4 is 29.9 Å². The summed E-state index contributed by atoms with van der Waals surface area (Å²) < 4.78 is 15.7. The molecule has 24 heavy (non-hydrogen) atoms. The first-order valence-corrected chi connectivity index (χ1v) is 7.79. The Hall–Kier alpha value is -1.64. The van der Waals surface area contributed by atoms with Crippen LogP contribution in [0.5, 0.6) is 0 Å². The number of nitrogens with zero attached hydrogens (tertiary/aromatic N) is 3. The normalized spacial score (nSPS) is 12.4. The predicted octanol–water partition coefficient (Wildman–Crippen LogP) is 3.26. The number of hydrogen-bond acceptors (Lipinski definition) is 2. The number of aryl methyl sites for hydroxylation is 2. The maximum atomic E-state index is 13.7. The number of nitrogens with one attached hydrogen (secondary N) is 2. The smallest absolute Gasteiger partial charge is 0.191 e. The molecule has 0 saturated carbocycles. The number of aromatic nitrogens is 2. The van der Waals surface area contributed by atoms with Crippen LogP contribution in [0.15, 0.2) is 41.9 Å². The molecule has 1 unspecified atom stereocenters. The van der Waals surface area contributed by atoms with Gasteiger partial charge in [0.05, 0.1) is 12.4 Å². The Balaban J connectivity index is 0.00000288. The van der Waals surface area contributed by atoms with Crippen molar-refractivity contribution in [2.75, 3.05) is 13.6 Å². The summed E-state index contributed by atoms with van der Waals surface area (Å²) in [4.78, 5) is 8.22. The fourth-order valence-corrected chi connectivity index (χ4v) is 2.25. The van der Waals surface area contributed by atoms with Gasteiger partial charge in [0, 0.05) is 32.5 Å². The molecule has 2 N–H and O–H groups in total. The second-order valence-corrected chi connectivity index (χ2v) is 5.53. The highest BCUT2D eigenvalue weighted by molar-refractivity contribution is 14.0. The van der Waals surface area contributed by atoms with E-state index in [1.807, 2.05) is 23.8 Å². The molecule has 0 amide bonds. The van der Waals surface area contributed by atoms with Gasteiger partial charge in [0.1, 0.15) is 5.82 Å². The number of aliphatic imine (C=N–C) groups is 1. The minimum atomic E-state index is -0.181. The Labute approximate surface area is 159 Å². The molecule has 0 radical (unpaired) electrons. The van der Waals surface area contributed by atoms with E-state index in [0.29, 0.717) is 11.5 Å². The van der Waals surface area contributed by atoms with Crippen LogP contribution in [0.3, 0.4) is 0 Å². The van der Waals surface area contributed by atoms with Crippen LogP contribution < -0.4 is 10.6 Å². The number of hydrogen-bond donors (Lipinski definition) is 2. The highest BCUT2D eigenvalue weighted by Gasteiger charge is 2.09.